The molecule has 1 aliphatic rings. The van der Waals surface area contributed by atoms with E-state index in [0.717, 1.165) is 18.9 Å². The van der Waals surface area contributed by atoms with Crippen molar-refractivity contribution in [2.45, 2.75) is 23.8 Å². The van der Waals surface area contributed by atoms with E-state index in [2.05, 4.69) is 10.0 Å². The first-order chi connectivity index (χ1) is 11.8. The van der Waals surface area contributed by atoms with E-state index in [4.69, 9.17) is 21.1 Å². The number of esters is 1. The predicted molar refractivity (Wildman–Crippen MR) is 90.0 cm³/mol. The van der Waals surface area contributed by atoms with Crippen LogP contribution < -0.4 is 10.0 Å². The van der Waals surface area contributed by atoms with Crippen LogP contribution >= 0.6 is 11.6 Å². The van der Waals surface area contributed by atoms with E-state index in [0.29, 0.717) is 13.2 Å². The lowest BCUT2D eigenvalue weighted by atomic mass is 10.2. The first kappa shape index (κ1) is 19.6. The zero-order chi connectivity index (χ0) is 18.4. The summed E-state index contributed by atoms with van der Waals surface area (Å²) in [6, 6.07) is 3.70. The fourth-order valence-electron chi connectivity index (χ4n) is 2.24. The maximum absolute atomic E-state index is 12.0. The number of sulfonamides is 1. The first-order valence-electron chi connectivity index (χ1n) is 7.62. The molecule has 1 aromatic rings. The fraction of sp³-hybridized carbons (Fsp3) is 0.467. The van der Waals surface area contributed by atoms with Gasteiger partial charge in [-0.15, -0.1) is 0 Å². The number of hydrogen-bond acceptors (Lipinski definition) is 6. The van der Waals surface area contributed by atoms with Crippen molar-refractivity contribution in [3.63, 3.8) is 0 Å². The van der Waals surface area contributed by atoms with Gasteiger partial charge in [0.05, 0.1) is 16.7 Å². The van der Waals surface area contributed by atoms with Gasteiger partial charge in [-0.1, -0.05) is 11.6 Å². The van der Waals surface area contributed by atoms with Crippen molar-refractivity contribution < 1.29 is 27.5 Å². The highest BCUT2D eigenvalue weighted by atomic mass is 35.5. The summed E-state index contributed by atoms with van der Waals surface area (Å²) in [7, 11) is -2.59. The summed E-state index contributed by atoms with van der Waals surface area (Å²) in [6.07, 6.45) is 1.84. The molecule has 1 heterocycles. The average Bonchev–Trinajstić information content (AvgIpc) is 3.11. The molecule has 0 unspecified atom stereocenters. The fourth-order valence-corrected chi connectivity index (χ4v) is 3.49. The van der Waals surface area contributed by atoms with Gasteiger partial charge < -0.3 is 14.8 Å². The van der Waals surface area contributed by atoms with E-state index in [1.165, 1.54) is 19.2 Å². The standard InChI is InChI=1S/C15H19ClN2O6S/c1-17-25(21,22)13-7-10(4-5-12(13)16)15(20)24-9-14(19)18-8-11-3-2-6-23-11/h4-5,7,11,17H,2-3,6,8-9H2,1H3,(H,18,19)/t11-/m1/s1. The predicted octanol–water partition coefficient (Wildman–Crippen LogP) is 0.700. The van der Waals surface area contributed by atoms with Crippen LogP contribution in [0.2, 0.25) is 5.02 Å². The lowest BCUT2D eigenvalue weighted by Gasteiger charge is -2.11. The lowest BCUT2D eigenvalue weighted by molar-refractivity contribution is -0.124. The second-order valence-electron chi connectivity index (χ2n) is 5.37. The van der Waals surface area contributed by atoms with Gasteiger partial charge in [0.15, 0.2) is 6.61 Å². The third-order valence-electron chi connectivity index (χ3n) is 3.61. The van der Waals surface area contributed by atoms with Crippen LogP contribution in [0.1, 0.15) is 23.2 Å². The van der Waals surface area contributed by atoms with Crippen LogP contribution in [-0.2, 0) is 24.3 Å². The Morgan fingerprint density at radius 1 is 1.40 bits per heavy atom. The van der Waals surface area contributed by atoms with Crippen LogP contribution in [0.5, 0.6) is 0 Å². The van der Waals surface area contributed by atoms with Gasteiger partial charge in [0, 0.05) is 13.2 Å². The lowest BCUT2D eigenvalue weighted by Crippen LogP contribution is -2.34. The van der Waals surface area contributed by atoms with Gasteiger partial charge in [-0.2, -0.15) is 0 Å². The number of amides is 1. The Bertz CT molecular complexity index is 746. The zero-order valence-electron chi connectivity index (χ0n) is 13.6. The van der Waals surface area contributed by atoms with Gasteiger partial charge in [0.2, 0.25) is 10.0 Å². The summed E-state index contributed by atoms with van der Waals surface area (Å²) in [5, 5.41) is 2.59. The number of halogens is 1. The Morgan fingerprint density at radius 3 is 2.80 bits per heavy atom. The number of carbonyl (C=O) groups excluding carboxylic acids is 2. The van der Waals surface area contributed by atoms with Crippen LogP contribution in [-0.4, -0.2) is 53.2 Å². The molecule has 2 rings (SSSR count). The van der Waals surface area contributed by atoms with Crippen molar-refractivity contribution in [1.82, 2.24) is 10.0 Å². The van der Waals surface area contributed by atoms with E-state index in [-0.39, 0.29) is 21.6 Å². The van der Waals surface area contributed by atoms with Crippen molar-refractivity contribution >= 4 is 33.5 Å². The molecule has 25 heavy (non-hydrogen) atoms. The molecule has 1 amide bonds. The maximum atomic E-state index is 12.0. The SMILES string of the molecule is CNS(=O)(=O)c1cc(C(=O)OCC(=O)NC[C@H]2CCCO2)ccc1Cl. The Kier molecular flexibility index (Phi) is 6.77. The number of ether oxygens (including phenoxy) is 2. The van der Waals surface area contributed by atoms with Crippen molar-refractivity contribution in [2.24, 2.45) is 0 Å². The number of nitrogens with one attached hydrogen (secondary N) is 2. The quantitative estimate of drug-likeness (QED) is 0.663. The molecule has 1 atom stereocenters. The summed E-state index contributed by atoms with van der Waals surface area (Å²) >= 11 is 5.85. The summed E-state index contributed by atoms with van der Waals surface area (Å²) in [4.78, 5) is 23.5. The largest absolute Gasteiger partial charge is 0.452 e. The normalized spacial score (nSPS) is 17.3. The molecule has 0 radical (unpaired) electrons. The molecule has 0 aromatic heterocycles. The van der Waals surface area contributed by atoms with Gasteiger partial charge in [0.25, 0.3) is 5.91 Å². The molecule has 1 aromatic carbocycles. The van der Waals surface area contributed by atoms with E-state index in [9.17, 15) is 18.0 Å². The Labute approximate surface area is 150 Å². The van der Waals surface area contributed by atoms with Crippen LogP contribution in [0.3, 0.4) is 0 Å². The Hall–Kier alpha value is -1.68. The van der Waals surface area contributed by atoms with Crippen LogP contribution in [0.15, 0.2) is 23.1 Å². The molecule has 0 spiro atoms. The van der Waals surface area contributed by atoms with Crippen LogP contribution in [0, 0.1) is 0 Å². The van der Waals surface area contributed by atoms with Crippen LogP contribution in [0.4, 0.5) is 0 Å². The minimum atomic E-state index is -3.82. The monoisotopic (exact) mass is 390 g/mol. The average molecular weight is 391 g/mol. The smallest absolute Gasteiger partial charge is 0.338 e. The first-order valence-corrected chi connectivity index (χ1v) is 9.48. The number of rotatable bonds is 7. The van der Waals surface area contributed by atoms with Gasteiger partial charge >= 0.3 is 5.97 Å². The van der Waals surface area contributed by atoms with E-state index in [1.54, 1.807) is 0 Å². The van der Waals surface area contributed by atoms with E-state index < -0.39 is 28.5 Å². The molecule has 1 aliphatic heterocycles. The molecule has 0 bridgehead atoms. The highest BCUT2D eigenvalue weighted by Crippen LogP contribution is 2.22. The van der Waals surface area contributed by atoms with Gasteiger partial charge in [-0.25, -0.2) is 17.9 Å². The Morgan fingerprint density at radius 2 is 2.16 bits per heavy atom. The third kappa shape index (κ3) is 5.40. The van der Waals surface area contributed by atoms with Crippen molar-refractivity contribution in [3.05, 3.63) is 28.8 Å². The molecule has 0 saturated carbocycles. The second-order valence-corrected chi connectivity index (χ2v) is 7.63. The number of hydrogen-bond donors (Lipinski definition) is 2. The number of carbonyl (C=O) groups is 2. The molecule has 2 N–H and O–H groups in total. The van der Waals surface area contributed by atoms with E-state index in [1.807, 2.05) is 0 Å². The van der Waals surface area contributed by atoms with Gasteiger partial charge in [0.1, 0.15) is 4.90 Å². The molecule has 10 heteroatoms. The summed E-state index contributed by atoms with van der Waals surface area (Å²) < 4.78 is 36.1. The van der Waals surface area contributed by atoms with E-state index >= 15 is 0 Å². The van der Waals surface area contributed by atoms with Crippen LogP contribution in [0.25, 0.3) is 0 Å². The third-order valence-corrected chi connectivity index (χ3v) is 5.51. The summed E-state index contributed by atoms with van der Waals surface area (Å²) in [5.41, 5.74) is -0.0230. The molecule has 138 valence electrons. The topological polar surface area (TPSA) is 111 Å². The second kappa shape index (κ2) is 8.61. The molecule has 0 aliphatic carbocycles. The minimum Gasteiger partial charge on any atom is -0.452 e. The molecule has 8 nitrogen and oxygen atoms in total. The summed E-state index contributed by atoms with van der Waals surface area (Å²) in [5.74, 6) is -1.28. The highest BCUT2D eigenvalue weighted by molar-refractivity contribution is 7.89. The van der Waals surface area contributed by atoms with Crippen molar-refractivity contribution in [3.8, 4) is 0 Å². The minimum absolute atomic E-state index is 0.00905. The zero-order valence-corrected chi connectivity index (χ0v) is 15.2. The highest BCUT2D eigenvalue weighted by Gasteiger charge is 2.20. The van der Waals surface area contributed by atoms with Crippen molar-refractivity contribution in [1.29, 1.82) is 0 Å². The van der Waals surface area contributed by atoms with Crippen molar-refractivity contribution in [2.75, 3.05) is 26.8 Å². The summed E-state index contributed by atoms with van der Waals surface area (Å²) in [6.45, 7) is 0.578. The van der Waals surface area contributed by atoms with Gasteiger partial charge in [-0.05, 0) is 38.1 Å². The molecular weight excluding hydrogens is 372 g/mol. The molecule has 1 saturated heterocycles. The Balaban J connectivity index is 1.92. The molecule has 1 fully saturated rings. The maximum Gasteiger partial charge on any atom is 0.338 e. The molecular formula is C15H19ClN2O6S. The number of benzene rings is 1. The van der Waals surface area contributed by atoms with Gasteiger partial charge in [-0.3, -0.25) is 4.79 Å².